The SMILES string of the molecule is Cc1ccc(C)c(NC(=O)C2(C(=O)Nc3ccc(C(C)C)cc3)CC2)c1. The van der Waals surface area contributed by atoms with Crippen molar-refractivity contribution >= 4 is 23.2 Å². The average Bonchev–Trinajstić information content (AvgIpc) is 3.40. The van der Waals surface area contributed by atoms with E-state index in [0.717, 1.165) is 22.5 Å². The van der Waals surface area contributed by atoms with Crippen molar-refractivity contribution in [3.05, 3.63) is 59.2 Å². The second-order valence-electron chi connectivity index (χ2n) is 7.59. The van der Waals surface area contributed by atoms with Gasteiger partial charge in [-0.2, -0.15) is 0 Å². The van der Waals surface area contributed by atoms with Crippen molar-refractivity contribution in [1.29, 1.82) is 0 Å². The van der Waals surface area contributed by atoms with Gasteiger partial charge in [0.15, 0.2) is 0 Å². The van der Waals surface area contributed by atoms with Crippen LogP contribution in [0, 0.1) is 19.3 Å². The predicted molar refractivity (Wildman–Crippen MR) is 105 cm³/mol. The molecule has 0 spiro atoms. The molecule has 1 saturated carbocycles. The minimum atomic E-state index is -0.951. The van der Waals surface area contributed by atoms with Gasteiger partial charge in [0, 0.05) is 11.4 Å². The van der Waals surface area contributed by atoms with Gasteiger partial charge < -0.3 is 10.6 Å². The minimum absolute atomic E-state index is 0.220. The minimum Gasteiger partial charge on any atom is -0.325 e. The number of rotatable bonds is 5. The van der Waals surface area contributed by atoms with E-state index in [2.05, 4.69) is 24.5 Å². The maximum absolute atomic E-state index is 12.8. The molecule has 0 heterocycles. The summed E-state index contributed by atoms with van der Waals surface area (Å²) in [5, 5.41) is 5.85. The van der Waals surface area contributed by atoms with Crippen LogP contribution < -0.4 is 10.6 Å². The molecule has 0 atom stereocenters. The lowest BCUT2D eigenvalue weighted by Crippen LogP contribution is -2.35. The smallest absolute Gasteiger partial charge is 0.240 e. The van der Waals surface area contributed by atoms with Crippen molar-refractivity contribution in [2.24, 2.45) is 5.41 Å². The van der Waals surface area contributed by atoms with Crippen molar-refractivity contribution in [2.45, 2.75) is 46.5 Å². The highest BCUT2D eigenvalue weighted by Gasteiger charge is 2.56. The highest BCUT2D eigenvalue weighted by molar-refractivity contribution is 6.17. The van der Waals surface area contributed by atoms with Gasteiger partial charge in [-0.3, -0.25) is 9.59 Å². The fourth-order valence-electron chi connectivity index (χ4n) is 3.00. The third-order valence-corrected chi connectivity index (χ3v) is 5.10. The van der Waals surface area contributed by atoms with Crippen molar-refractivity contribution in [3.63, 3.8) is 0 Å². The Morgan fingerprint density at radius 2 is 1.54 bits per heavy atom. The van der Waals surface area contributed by atoms with Crippen LogP contribution in [0.2, 0.25) is 0 Å². The number of anilines is 2. The fourth-order valence-corrected chi connectivity index (χ4v) is 3.00. The zero-order valence-electron chi connectivity index (χ0n) is 15.8. The van der Waals surface area contributed by atoms with Crippen LogP contribution in [-0.4, -0.2) is 11.8 Å². The van der Waals surface area contributed by atoms with Gasteiger partial charge in [-0.1, -0.05) is 38.1 Å². The van der Waals surface area contributed by atoms with Crippen molar-refractivity contribution in [2.75, 3.05) is 10.6 Å². The van der Waals surface area contributed by atoms with Gasteiger partial charge in [-0.15, -0.1) is 0 Å². The summed E-state index contributed by atoms with van der Waals surface area (Å²) in [4.78, 5) is 25.5. The highest BCUT2D eigenvalue weighted by atomic mass is 16.2. The van der Waals surface area contributed by atoms with E-state index in [1.54, 1.807) is 0 Å². The number of aryl methyl sites for hydroxylation is 2. The van der Waals surface area contributed by atoms with Crippen LogP contribution >= 0.6 is 0 Å². The number of amides is 2. The van der Waals surface area contributed by atoms with E-state index in [-0.39, 0.29) is 11.8 Å². The lowest BCUT2D eigenvalue weighted by atomic mass is 10.0. The van der Waals surface area contributed by atoms with Crippen LogP contribution in [0.3, 0.4) is 0 Å². The van der Waals surface area contributed by atoms with Gasteiger partial charge in [0.2, 0.25) is 11.8 Å². The Morgan fingerprint density at radius 3 is 2.12 bits per heavy atom. The van der Waals surface area contributed by atoms with Crippen LogP contribution in [0.1, 0.15) is 49.3 Å². The molecule has 0 bridgehead atoms. The standard InChI is InChI=1S/C22H26N2O2/c1-14(2)17-7-9-18(10-8-17)23-20(25)22(11-12-22)21(26)24-19-13-15(3)5-6-16(19)4/h5-10,13-14H,11-12H2,1-4H3,(H,23,25)(H,24,26). The first-order valence-corrected chi connectivity index (χ1v) is 9.12. The Bertz CT molecular complexity index is 834. The van der Waals surface area contributed by atoms with Gasteiger partial charge in [0.25, 0.3) is 0 Å². The third kappa shape index (κ3) is 3.64. The molecule has 2 amide bonds. The zero-order chi connectivity index (χ0) is 18.9. The Morgan fingerprint density at radius 1 is 0.923 bits per heavy atom. The van der Waals surface area contributed by atoms with Crippen LogP contribution in [0.4, 0.5) is 11.4 Å². The fraction of sp³-hybridized carbons (Fsp3) is 0.364. The molecule has 1 aliphatic rings. The maximum atomic E-state index is 12.8. The first-order chi connectivity index (χ1) is 12.3. The Kier molecular flexibility index (Phi) is 4.86. The van der Waals surface area contributed by atoms with Crippen molar-refractivity contribution in [1.82, 2.24) is 0 Å². The number of hydrogen-bond acceptors (Lipinski definition) is 2. The molecule has 0 unspecified atom stereocenters. The number of hydrogen-bond donors (Lipinski definition) is 2. The summed E-state index contributed by atoms with van der Waals surface area (Å²) in [5.41, 5.74) is 3.83. The molecule has 0 saturated heterocycles. The predicted octanol–water partition coefficient (Wildman–Crippen LogP) is 4.78. The lowest BCUT2D eigenvalue weighted by molar-refractivity contribution is -0.131. The van der Waals surface area contributed by atoms with E-state index in [1.165, 1.54) is 5.56 Å². The number of carbonyl (C=O) groups is 2. The first kappa shape index (κ1) is 18.2. The summed E-state index contributed by atoms with van der Waals surface area (Å²) in [5.74, 6) is -0.00187. The van der Waals surface area contributed by atoms with Gasteiger partial charge in [-0.25, -0.2) is 0 Å². The molecule has 1 aliphatic carbocycles. The van der Waals surface area contributed by atoms with E-state index in [9.17, 15) is 9.59 Å². The molecule has 4 nitrogen and oxygen atoms in total. The molecule has 0 radical (unpaired) electrons. The molecule has 136 valence electrons. The second kappa shape index (κ2) is 6.94. The van der Waals surface area contributed by atoms with Crippen molar-refractivity contribution < 1.29 is 9.59 Å². The Hall–Kier alpha value is -2.62. The number of carbonyl (C=O) groups excluding carboxylic acids is 2. The van der Waals surface area contributed by atoms with Crippen LogP contribution in [-0.2, 0) is 9.59 Å². The Balaban J connectivity index is 1.70. The van der Waals surface area contributed by atoms with E-state index in [4.69, 9.17) is 0 Å². The first-order valence-electron chi connectivity index (χ1n) is 9.12. The monoisotopic (exact) mass is 350 g/mol. The lowest BCUT2D eigenvalue weighted by Gasteiger charge is -2.17. The molecule has 26 heavy (non-hydrogen) atoms. The quantitative estimate of drug-likeness (QED) is 0.762. The van der Waals surface area contributed by atoms with Gasteiger partial charge >= 0.3 is 0 Å². The van der Waals surface area contributed by atoms with E-state index in [1.807, 2.05) is 56.3 Å². The van der Waals surface area contributed by atoms with Gasteiger partial charge in [0.05, 0.1) is 0 Å². The number of benzene rings is 2. The van der Waals surface area contributed by atoms with Crippen LogP contribution in [0.5, 0.6) is 0 Å². The molecule has 4 heteroatoms. The zero-order valence-corrected chi connectivity index (χ0v) is 15.8. The van der Waals surface area contributed by atoms with Crippen LogP contribution in [0.25, 0.3) is 0 Å². The molecule has 2 aromatic rings. The summed E-state index contributed by atoms with van der Waals surface area (Å²) in [6, 6.07) is 13.7. The molecule has 2 N–H and O–H groups in total. The normalized spacial score (nSPS) is 14.8. The number of nitrogens with one attached hydrogen (secondary N) is 2. The maximum Gasteiger partial charge on any atom is 0.240 e. The molecule has 1 fully saturated rings. The summed E-state index contributed by atoms with van der Waals surface area (Å²) in [6.45, 7) is 8.19. The summed E-state index contributed by atoms with van der Waals surface area (Å²) < 4.78 is 0. The van der Waals surface area contributed by atoms with E-state index < -0.39 is 5.41 Å². The molecule has 3 rings (SSSR count). The molecule has 0 aromatic heterocycles. The Labute approximate surface area is 155 Å². The summed E-state index contributed by atoms with van der Waals surface area (Å²) in [6.07, 6.45) is 1.17. The molecular formula is C22H26N2O2. The molecule has 2 aromatic carbocycles. The largest absolute Gasteiger partial charge is 0.325 e. The van der Waals surface area contributed by atoms with E-state index >= 15 is 0 Å². The second-order valence-corrected chi connectivity index (χ2v) is 7.59. The average molecular weight is 350 g/mol. The van der Waals surface area contributed by atoms with Crippen LogP contribution in [0.15, 0.2) is 42.5 Å². The van der Waals surface area contributed by atoms with Gasteiger partial charge in [0.1, 0.15) is 5.41 Å². The summed E-state index contributed by atoms with van der Waals surface area (Å²) >= 11 is 0. The van der Waals surface area contributed by atoms with Gasteiger partial charge in [-0.05, 0) is 67.5 Å². The topological polar surface area (TPSA) is 58.2 Å². The third-order valence-electron chi connectivity index (χ3n) is 5.10. The van der Waals surface area contributed by atoms with Crippen molar-refractivity contribution in [3.8, 4) is 0 Å². The highest BCUT2D eigenvalue weighted by Crippen LogP contribution is 2.47. The van der Waals surface area contributed by atoms with E-state index in [0.29, 0.717) is 18.8 Å². The summed E-state index contributed by atoms with van der Waals surface area (Å²) in [7, 11) is 0. The molecule has 0 aliphatic heterocycles. The molecular weight excluding hydrogens is 324 g/mol.